The highest BCUT2D eigenvalue weighted by molar-refractivity contribution is 5.85. The molecule has 0 radical (unpaired) electrons. The van der Waals surface area contributed by atoms with Crippen molar-refractivity contribution in [3.8, 4) is 11.8 Å². The van der Waals surface area contributed by atoms with Gasteiger partial charge in [0, 0.05) is 10.5 Å². The molecule has 1 rings (SSSR count). The van der Waals surface area contributed by atoms with Crippen LogP contribution in [0.2, 0.25) is 0 Å². The summed E-state index contributed by atoms with van der Waals surface area (Å²) in [6.45, 7) is 5.15. The molecule has 6 nitrogen and oxygen atoms in total. The molecule has 7 heteroatoms. The zero-order chi connectivity index (χ0) is 15.9. The summed E-state index contributed by atoms with van der Waals surface area (Å²) in [7, 11) is 0. The molecule has 1 amide bonds. The molecule has 21 heavy (non-hydrogen) atoms. The lowest BCUT2D eigenvalue weighted by molar-refractivity contribution is 0.0635. The van der Waals surface area contributed by atoms with Gasteiger partial charge in [0.25, 0.3) is 0 Å². The van der Waals surface area contributed by atoms with Crippen LogP contribution >= 0.6 is 0 Å². The van der Waals surface area contributed by atoms with Crippen LogP contribution < -0.4 is 5.32 Å². The van der Waals surface area contributed by atoms with Crippen molar-refractivity contribution >= 4 is 11.8 Å². The van der Waals surface area contributed by atoms with Gasteiger partial charge in [0.15, 0.2) is 0 Å². The first-order chi connectivity index (χ1) is 9.81. The average molecular weight is 290 g/mol. The fraction of sp³-hybridized carbons (Fsp3) is 0.357. The number of hydrogen-bond acceptors (Lipinski definition) is 3. The van der Waals surface area contributed by atoms with Gasteiger partial charge in [0.2, 0.25) is 0 Å². The summed E-state index contributed by atoms with van der Waals surface area (Å²) < 4.78 is 18.8. The molecule has 0 aliphatic heterocycles. The third-order valence-electron chi connectivity index (χ3n) is 2.05. The van der Waals surface area contributed by atoms with Gasteiger partial charge in [-0.2, -0.15) is 0 Å². The molecule has 0 spiro atoms. The van der Waals surface area contributed by atoms with Crippen molar-refractivity contribution in [2.45, 2.75) is 26.4 Å². The molecule has 1 aromatic rings. The molecule has 0 aliphatic carbocycles. The van der Waals surface area contributed by atoms with Crippen molar-refractivity contribution < 1.29 is 13.9 Å². The Balaban J connectivity index is 2.76. The Morgan fingerprint density at radius 2 is 2.24 bits per heavy atom. The summed E-state index contributed by atoms with van der Waals surface area (Å²) in [4.78, 5) is 14.1. The number of rotatable bonds is 2. The minimum Gasteiger partial charge on any atom is -0.444 e. The van der Waals surface area contributed by atoms with E-state index in [-0.39, 0.29) is 12.2 Å². The molecule has 0 aromatic heterocycles. The predicted molar refractivity (Wildman–Crippen MR) is 77.1 cm³/mol. The summed E-state index contributed by atoms with van der Waals surface area (Å²) in [5.41, 5.74) is 7.84. The first-order valence-electron chi connectivity index (χ1n) is 6.11. The second-order valence-electron chi connectivity index (χ2n) is 5.01. The van der Waals surface area contributed by atoms with E-state index in [9.17, 15) is 9.18 Å². The molecule has 0 saturated carbocycles. The summed E-state index contributed by atoms with van der Waals surface area (Å²) in [6.07, 6.45) is -0.733. The molecule has 0 aliphatic rings. The highest BCUT2D eigenvalue weighted by Gasteiger charge is 2.17. The van der Waals surface area contributed by atoms with Gasteiger partial charge in [-0.15, -0.1) is 0 Å². The van der Waals surface area contributed by atoms with Crippen LogP contribution in [0.5, 0.6) is 0 Å². The second-order valence-corrected chi connectivity index (χ2v) is 5.01. The quantitative estimate of drug-likeness (QED) is 0.388. The van der Waals surface area contributed by atoms with Gasteiger partial charge in [-0.05, 0) is 44.5 Å². The SMILES string of the molecule is CC(C)(C)OC(=O)Nc1ccc(C#CCN=[N+]=[N-])cc1F. The Bertz CT molecular complexity index is 635. The van der Waals surface area contributed by atoms with Crippen LogP contribution in [0.4, 0.5) is 14.9 Å². The Labute approximate surface area is 121 Å². The van der Waals surface area contributed by atoms with Crippen molar-refractivity contribution in [3.63, 3.8) is 0 Å². The Morgan fingerprint density at radius 3 is 2.81 bits per heavy atom. The third kappa shape index (κ3) is 6.32. The maximum atomic E-state index is 13.8. The minimum atomic E-state index is -0.733. The number of halogens is 1. The third-order valence-corrected chi connectivity index (χ3v) is 2.05. The maximum absolute atomic E-state index is 13.8. The van der Waals surface area contributed by atoms with Crippen LogP contribution in [-0.2, 0) is 4.74 Å². The van der Waals surface area contributed by atoms with Crippen molar-refractivity contribution in [1.82, 2.24) is 0 Å². The monoisotopic (exact) mass is 290 g/mol. The largest absolute Gasteiger partial charge is 0.444 e. The van der Waals surface area contributed by atoms with Crippen molar-refractivity contribution in [2.24, 2.45) is 5.11 Å². The van der Waals surface area contributed by atoms with E-state index in [1.807, 2.05) is 0 Å². The predicted octanol–water partition coefficient (Wildman–Crippen LogP) is 3.83. The summed E-state index contributed by atoms with van der Waals surface area (Å²) >= 11 is 0. The number of carbonyl (C=O) groups is 1. The fourth-order valence-corrected chi connectivity index (χ4v) is 1.32. The molecule has 0 heterocycles. The van der Waals surface area contributed by atoms with Gasteiger partial charge in [-0.1, -0.05) is 17.0 Å². The van der Waals surface area contributed by atoms with Crippen molar-refractivity contribution in [1.29, 1.82) is 0 Å². The van der Waals surface area contributed by atoms with Gasteiger partial charge in [-0.3, -0.25) is 5.32 Å². The lowest BCUT2D eigenvalue weighted by atomic mass is 10.2. The molecule has 0 atom stereocenters. The van der Waals surface area contributed by atoms with E-state index < -0.39 is 17.5 Å². The van der Waals surface area contributed by atoms with E-state index in [1.165, 1.54) is 12.1 Å². The van der Waals surface area contributed by atoms with Gasteiger partial charge in [0.05, 0.1) is 12.2 Å². The number of hydrogen-bond donors (Lipinski definition) is 1. The maximum Gasteiger partial charge on any atom is 0.412 e. The van der Waals surface area contributed by atoms with Crippen LogP contribution in [0.25, 0.3) is 10.4 Å². The van der Waals surface area contributed by atoms with E-state index in [0.717, 1.165) is 0 Å². The van der Waals surface area contributed by atoms with E-state index in [4.69, 9.17) is 10.3 Å². The van der Waals surface area contributed by atoms with Crippen LogP contribution in [-0.4, -0.2) is 18.2 Å². The number of amides is 1. The van der Waals surface area contributed by atoms with E-state index >= 15 is 0 Å². The number of ether oxygens (including phenoxy) is 1. The topological polar surface area (TPSA) is 87.1 Å². The van der Waals surface area contributed by atoms with Crippen LogP contribution in [0.15, 0.2) is 23.3 Å². The van der Waals surface area contributed by atoms with Gasteiger partial charge >= 0.3 is 6.09 Å². The molecular formula is C14H15FN4O2. The number of nitrogens with one attached hydrogen (secondary N) is 1. The Hall–Kier alpha value is -2.71. The lowest BCUT2D eigenvalue weighted by Crippen LogP contribution is -2.27. The van der Waals surface area contributed by atoms with Crippen molar-refractivity contribution in [2.75, 3.05) is 11.9 Å². The summed E-state index contributed by atoms with van der Waals surface area (Å²) in [5, 5.41) is 5.56. The van der Waals surface area contributed by atoms with Crippen LogP contribution in [0.3, 0.4) is 0 Å². The highest BCUT2D eigenvalue weighted by atomic mass is 19.1. The smallest absolute Gasteiger partial charge is 0.412 e. The fourth-order valence-electron chi connectivity index (χ4n) is 1.32. The van der Waals surface area contributed by atoms with E-state index in [2.05, 4.69) is 27.2 Å². The number of anilines is 1. The molecule has 1 N–H and O–H groups in total. The summed E-state index contributed by atoms with van der Waals surface area (Å²) in [6, 6.07) is 4.10. The molecule has 110 valence electrons. The Kier molecular flexibility index (Phi) is 5.58. The van der Waals surface area contributed by atoms with Gasteiger partial charge in [0.1, 0.15) is 11.4 Å². The molecule has 0 unspecified atom stereocenters. The van der Waals surface area contributed by atoms with Crippen molar-refractivity contribution in [3.05, 3.63) is 40.0 Å². The normalized spacial score (nSPS) is 9.90. The summed E-state index contributed by atoms with van der Waals surface area (Å²) in [5.74, 6) is 4.58. The van der Waals surface area contributed by atoms with Crippen LogP contribution in [0, 0.1) is 17.7 Å². The average Bonchev–Trinajstić information content (AvgIpc) is 2.35. The molecule has 0 bridgehead atoms. The number of benzene rings is 1. The zero-order valence-corrected chi connectivity index (χ0v) is 12.0. The standard InChI is InChI=1S/C14H15FN4O2/c1-14(2,3)21-13(20)18-12-7-6-10(9-11(12)15)5-4-8-17-19-16/h6-7,9H,8H2,1-3H3,(H,18,20). The molecular weight excluding hydrogens is 275 g/mol. The second kappa shape index (κ2) is 7.17. The van der Waals surface area contributed by atoms with E-state index in [0.29, 0.717) is 5.56 Å². The molecule has 1 aromatic carbocycles. The highest BCUT2D eigenvalue weighted by Crippen LogP contribution is 2.17. The van der Waals surface area contributed by atoms with Gasteiger partial charge < -0.3 is 4.74 Å². The molecule has 0 fully saturated rings. The Morgan fingerprint density at radius 1 is 1.52 bits per heavy atom. The number of nitrogens with zero attached hydrogens (tertiary/aromatic N) is 3. The molecule has 0 saturated heterocycles. The number of carbonyl (C=O) groups excluding carboxylic acids is 1. The number of azide groups is 1. The van der Waals surface area contributed by atoms with Gasteiger partial charge in [-0.25, -0.2) is 9.18 Å². The lowest BCUT2D eigenvalue weighted by Gasteiger charge is -2.19. The first kappa shape index (κ1) is 16.3. The minimum absolute atomic E-state index is 0.00449. The van der Waals surface area contributed by atoms with E-state index in [1.54, 1.807) is 26.8 Å². The first-order valence-corrected chi connectivity index (χ1v) is 6.11. The zero-order valence-electron chi connectivity index (χ0n) is 12.0. The van der Waals surface area contributed by atoms with Crippen LogP contribution in [0.1, 0.15) is 26.3 Å².